The topological polar surface area (TPSA) is 38.4 Å². The molecule has 1 rings (SSSR count). The highest BCUT2D eigenvalue weighted by molar-refractivity contribution is 5.73. The Hall–Kier alpha value is -1.05. The first-order valence-corrected chi connectivity index (χ1v) is 2.51. The van der Waals surface area contributed by atoms with Gasteiger partial charge in [-0.2, -0.15) is 0 Å². The lowest BCUT2D eigenvalue weighted by Gasteiger charge is -1.97. The second kappa shape index (κ2) is 2.31. The van der Waals surface area contributed by atoms with Gasteiger partial charge >= 0.3 is 0 Å². The van der Waals surface area contributed by atoms with Crippen molar-refractivity contribution >= 4 is 6.21 Å². The number of hydrogen-bond acceptors (Lipinski definition) is 2. The summed E-state index contributed by atoms with van der Waals surface area (Å²) in [4.78, 5) is 3.97. The Labute approximate surface area is 48.4 Å². The van der Waals surface area contributed by atoms with Crippen molar-refractivity contribution in [2.45, 2.75) is 0 Å². The molecular formula is C6H8N2. The molecule has 1 aliphatic heterocycles. The van der Waals surface area contributed by atoms with Gasteiger partial charge in [0, 0.05) is 6.21 Å². The Bertz CT molecular complexity index is 154. The first-order valence-electron chi connectivity index (χ1n) is 2.51. The van der Waals surface area contributed by atoms with Crippen molar-refractivity contribution in [3.05, 3.63) is 23.9 Å². The van der Waals surface area contributed by atoms with Crippen LogP contribution < -0.4 is 5.73 Å². The lowest BCUT2D eigenvalue weighted by molar-refractivity contribution is 1.17. The maximum absolute atomic E-state index is 5.22. The molecule has 0 aromatic carbocycles. The molecule has 0 amide bonds. The number of aliphatic imine (C=N–C) groups is 1. The maximum atomic E-state index is 5.22. The Morgan fingerprint density at radius 1 is 1.75 bits per heavy atom. The standard InChI is InChI=1S/C6H8N2/c7-4-6-2-1-3-8-5-6/h1-4H,5,7H2. The van der Waals surface area contributed by atoms with Gasteiger partial charge in [-0.1, -0.05) is 6.08 Å². The second-order valence-corrected chi connectivity index (χ2v) is 1.59. The first kappa shape index (κ1) is 5.09. The summed E-state index contributed by atoms with van der Waals surface area (Å²) in [5.74, 6) is 0. The first-order chi connectivity index (χ1) is 3.93. The van der Waals surface area contributed by atoms with Crippen LogP contribution in [0.25, 0.3) is 0 Å². The van der Waals surface area contributed by atoms with E-state index in [2.05, 4.69) is 4.99 Å². The Morgan fingerprint density at radius 3 is 3.00 bits per heavy atom. The van der Waals surface area contributed by atoms with Crippen molar-refractivity contribution in [3.63, 3.8) is 0 Å². The maximum Gasteiger partial charge on any atom is 0.0653 e. The predicted molar refractivity (Wildman–Crippen MR) is 34.8 cm³/mol. The molecule has 0 saturated carbocycles. The van der Waals surface area contributed by atoms with Crippen LogP contribution in [0.15, 0.2) is 28.9 Å². The summed E-state index contributed by atoms with van der Waals surface area (Å²) in [6.45, 7) is 0.729. The minimum absolute atomic E-state index is 0.729. The van der Waals surface area contributed by atoms with Gasteiger partial charge in [-0.25, -0.2) is 0 Å². The van der Waals surface area contributed by atoms with Crippen molar-refractivity contribution < 1.29 is 0 Å². The summed E-state index contributed by atoms with van der Waals surface area (Å²) in [5.41, 5.74) is 6.29. The molecule has 2 nitrogen and oxygen atoms in total. The van der Waals surface area contributed by atoms with Gasteiger partial charge in [0.2, 0.25) is 0 Å². The summed E-state index contributed by atoms with van der Waals surface area (Å²) in [6, 6.07) is 0. The lowest BCUT2D eigenvalue weighted by Crippen LogP contribution is -1.93. The van der Waals surface area contributed by atoms with Crippen molar-refractivity contribution in [1.29, 1.82) is 0 Å². The van der Waals surface area contributed by atoms with Gasteiger partial charge in [0.25, 0.3) is 0 Å². The minimum atomic E-state index is 0.729. The summed E-state index contributed by atoms with van der Waals surface area (Å²) in [5, 5.41) is 0. The third-order valence-corrected chi connectivity index (χ3v) is 0.990. The van der Waals surface area contributed by atoms with E-state index >= 15 is 0 Å². The SMILES string of the molecule is NC=C1C=CC=NC1. The Morgan fingerprint density at radius 2 is 2.62 bits per heavy atom. The van der Waals surface area contributed by atoms with Crippen LogP contribution in [0.3, 0.4) is 0 Å². The molecular weight excluding hydrogens is 100 g/mol. The van der Waals surface area contributed by atoms with Crippen LogP contribution in [0.5, 0.6) is 0 Å². The van der Waals surface area contributed by atoms with Crippen LogP contribution in [-0.4, -0.2) is 12.8 Å². The molecule has 0 radical (unpaired) electrons. The highest BCUT2D eigenvalue weighted by atomic mass is 14.7. The van der Waals surface area contributed by atoms with Gasteiger partial charge in [0.1, 0.15) is 0 Å². The van der Waals surface area contributed by atoms with Crippen LogP contribution in [0.4, 0.5) is 0 Å². The number of rotatable bonds is 0. The predicted octanol–water partition coefficient (Wildman–Crippen LogP) is 0.470. The number of allylic oxidation sites excluding steroid dienone is 1. The zero-order valence-corrected chi connectivity index (χ0v) is 4.54. The molecule has 2 N–H and O–H groups in total. The minimum Gasteiger partial charge on any atom is -0.404 e. The van der Waals surface area contributed by atoms with Crippen molar-refractivity contribution in [1.82, 2.24) is 0 Å². The third kappa shape index (κ3) is 0.964. The average molecular weight is 108 g/mol. The van der Waals surface area contributed by atoms with Gasteiger partial charge in [0.05, 0.1) is 6.54 Å². The number of nitrogens with two attached hydrogens (primary N) is 1. The van der Waals surface area contributed by atoms with Crippen molar-refractivity contribution in [2.24, 2.45) is 10.7 Å². The van der Waals surface area contributed by atoms with E-state index in [1.165, 1.54) is 0 Å². The van der Waals surface area contributed by atoms with Crippen LogP contribution in [0.1, 0.15) is 0 Å². The van der Waals surface area contributed by atoms with Crippen LogP contribution in [0.2, 0.25) is 0 Å². The van der Waals surface area contributed by atoms with E-state index in [0.717, 1.165) is 12.1 Å². The molecule has 42 valence electrons. The molecule has 0 aliphatic carbocycles. The van der Waals surface area contributed by atoms with E-state index in [0.29, 0.717) is 0 Å². The second-order valence-electron chi connectivity index (χ2n) is 1.59. The normalized spacial score (nSPS) is 22.2. The Balaban J connectivity index is 2.66. The van der Waals surface area contributed by atoms with E-state index in [9.17, 15) is 0 Å². The monoisotopic (exact) mass is 108 g/mol. The van der Waals surface area contributed by atoms with Crippen molar-refractivity contribution in [2.75, 3.05) is 6.54 Å². The molecule has 0 bridgehead atoms. The zero-order chi connectivity index (χ0) is 5.82. The quantitative estimate of drug-likeness (QED) is 0.481. The van der Waals surface area contributed by atoms with Gasteiger partial charge in [0.15, 0.2) is 0 Å². The molecule has 0 aromatic heterocycles. The van der Waals surface area contributed by atoms with E-state index < -0.39 is 0 Å². The highest BCUT2D eigenvalue weighted by Gasteiger charge is 1.89. The fourth-order valence-corrected chi connectivity index (χ4v) is 0.547. The van der Waals surface area contributed by atoms with Gasteiger partial charge in [-0.15, -0.1) is 0 Å². The van der Waals surface area contributed by atoms with Crippen molar-refractivity contribution in [3.8, 4) is 0 Å². The molecule has 1 heterocycles. The molecule has 0 fully saturated rings. The van der Waals surface area contributed by atoms with E-state index in [1.54, 1.807) is 12.4 Å². The Kier molecular flexibility index (Phi) is 1.47. The molecule has 0 spiro atoms. The average Bonchev–Trinajstić information content (AvgIpc) is 1.90. The molecule has 8 heavy (non-hydrogen) atoms. The smallest absolute Gasteiger partial charge is 0.0653 e. The molecule has 1 aliphatic rings. The number of dihydropyridines is 1. The molecule has 0 unspecified atom stereocenters. The molecule has 0 atom stereocenters. The summed E-state index contributed by atoms with van der Waals surface area (Å²) in [7, 11) is 0. The molecule has 0 saturated heterocycles. The molecule has 0 aromatic rings. The lowest BCUT2D eigenvalue weighted by atomic mass is 10.2. The van der Waals surface area contributed by atoms with Crippen LogP contribution in [-0.2, 0) is 0 Å². The van der Waals surface area contributed by atoms with Gasteiger partial charge in [-0.05, 0) is 17.8 Å². The third-order valence-electron chi connectivity index (χ3n) is 0.990. The largest absolute Gasteiger partial charge is 0.404 e. The van der Waals surface area contributed by atoms with E-state index in [-0.39, 0.29) is 0 Å². The number of nitrogens with zero attached hydrogens (tertiary/aromatic N) is 1. The number of hydrogen-bond donors (Lipinski definition) is 1. The van der Waals surface area contributed by atoms with Gasteiger partial charge in [-0.3, -0.25) is 4.99 Å². The molecule has 2 heteroatoms. The summed E-state index contributed by atoms with van der Waals surface area (Å²) >= 11 is 0. The summed E-state index contributed by atoms with van der Waals surface area (Å²) in [6.07, 6.45) is 7.18. The van der Waals surface area contributed by atoms with E-state index in [1.807, 2.05) is 12.2 Å². The van der Waals surface area contributed by atoms with Crippen LogP contribution in [0, 0.1) is 0 Å². The fraction of sp³-hybridized carbons (Fsp3) is 0.167. The zero-order valence-electron chi connectivity index (χ0n) is 4.54. The summed E-state index contributed by atoms with van der Waals surface area (Å²) < 4.78 is 0. The van der Waals surface area contributed by atoms with Gasteiger partial charge < -0.3 is 5.73 Å². The van der Waals surface area contributed by atoms with E-state index in [4.69, 9.17) is 5.73 Å². The van der Waals surface area contributed by atoms with Crippen LogP contribution >= 0.6 is 0 Å². The fourth-order valence-electron chi connectivity index (χ4n) is 0.547. The highest BCUT2D eigenvalue weighted by Crippen LogP contribution is 1.97.